The maximum atomic E-state index is 11.6. The van der Waals surface area contributed by atoms with Gasteiger partial charge in [-0.05, 0) is 19.3 Å². The number of carbonyl (C=O) groups is 1. The Labute approximate surface area is 72.1 Å². The van der Waals surface area contributed by atoms with Gasteiger partial charge in [0.1, 0.15) is 5.78 Å². The van der Waals surface area contributed by atoms with Gasteiger partial charge in [0.15, 0.2) is 0 Å². The minimum atomic E-state index is -0.00174. The third-order valence-corrected chi connectivity index (χ3v) is 3.88. The van der Waals surface area contributed by atoms with Gasteiger partial charge < -0.3 is 0 Å². The molecule has 64 valence electrons. The van der Waals surface area contributed by atoms with Crippen LogP contribution in [0.4, 0.5) is 0 Å². The van der Waals surface area contributed by atoms with E-state index < -0.39 is 0 Å². The second-order valence-electron chi connectivity index (χ2n) is 4.29. The van der Waals surface area contributed by atoms with Gasteiger partial charge in [-0.15, -0.1) is 0 Å². The molecule has 2 nitrogen and oxygen atoms in total. The molecule has 0 aromatic rings. The van der Waals surface area contributed by atoms with Gasteiger partial charge in [-0.25, -0.2) is 0 Å². The number of hydrogen-bond acceptors (Lipinski definition) is 2. The second-order valence-corrected chi connectivity index (χ2v) is 4.29. The van der Waals surface area contributed by atoms with Crippen molar-refractivity contribution in [3.05, 3.63) is 0 Å². The van der Waals surface area contributed by atoms with Gasteiger partial charge in [0, 0.05) is 24.6 Å². The summed E-state index contributed by atoms with van der Waals surface area (Å²) in [7, 11) is 0. The minimum absolute atomic E-state index is 0.00174. The number of Topliss-reactive ketones (excluding diaryl/α,β-unsaturated/α-hetero) is 1. The molecule has 0 radical (unpaired) electrons. The number of aliphatic imine (C=N–C) groups is 1. The highest BCUT2D eigenvalue weighted by Crippen LogP contribution is 2.54. The maximum absolute atomic E-state index is 11.6. The Balaban J connectivity index is 2.04. The number of nitrogens with zero attached hydrogens (tertiary/aromatic N) is 1. The zero-order chi connectivity index (χ0) is 8.18. The lowest BCUT2D eigenvalue weighted by molar-refractivity contribution is -0.138. The van der Waals surface area contributed by atoms with Gasteiger partial charge in [-0.2, -0.15) is 0 Å². The van der Waals surface area contributed by atoms with Crippen LogP contribution in [0.3, 0.4) is 0 Å². The van der Waals surface area contributed by atoms with Crippen LogP contribution in [-0.4, -0.2) is 18.0 Å². The molecule has 2 atom stereocenters. The molecule has 1 heterocycles. The molecule has 0 amide bonds. The Hall–Kier alpha value is -0.660. The Morgan fingerprint density at radius 3 is 3.08 bits per heavy atom. The highest BCUT2D eigenvalue weighted by atomic mass is 16.1. The van der Waals surface area contributed by atoms with Gasteiger partial charge in [-0.1, -0.05) is 6.42 Å². The zero-order valence-electron chi connectivity index (χ0n) is 7.18. The van der Waals surface area contributed by atoms with Crippen molar-refractivity contribution in [1.29, 1.82) is 0 Å². The fourth-order valence-corrected chi connectivity index (χ4v) is 3.14. The van der Waals surface area contributed by atoms with Crippen molar-refractivity contribution in [3.63, 3.8) is 0 Å². The zero-order valence-corrected chi connectivity index (χ0v) is 7.18. The molecular formula is C10H13NO. The first-order valence-electron chi connectivity index (χ1n) is 4.91. The largest absolute Gasteiger partial charge is 0.299 e. The minimum Gasteiger partial charge on any atom is -0.299 e. The summed E-state index contributed by atoms with van der Waals surface area (Å²) < 4.78 is 0. The van der Waals surface area contributed by atoms with E-state index in [2.05, 4.69) is 4.99 Å². The van der Waals surface area contributed by atoms with Crippen molar-refractivity contribution in [1.82, 2.24) is 0 Å². The summed E-state index contributed by atoms with van der Waals surface area (Å²) in [6.07, 6.45) is 5.51. The van der Waals surface area contributed by atoms with Crippen LogP contribution < -0.4 is 0 Å². The first-order chi connectivity index (χ1) is 5.84. The molecular weight excluding hydrogens is 150 g/mol. The molecule has 0 aromatic heterocycles. The Kier molecular flexibility index (Phi) is 1.12. The van der Waals surface area contributed by atoms with Crippen molar-refractivity contribution in [2.75, 3.05) is 6.54 Å². The molecule has 1 spiro atoms. The molecule has 12 heavy (non-hydrogen) atoms. The molecule has 2 aliphatic carbocycles. The molecule has 0 bridgehead atoms. The molecule has 2 saturated carbocycles. The van der Waals surface area contributed by atoms with Crippen molar-refractivity contribution in [3.8, 4) is 0 Å². The van der Waals surface area contributed by atoms with Gasteiger partial charge in [0.05, 0.1) is 5.41 Å². The maximum Gasteiger partial charge on any atom is 0.145 e. The van der Waals surface area contributed by atoms with Crippen LogP contribution in [0, 0.1) is 11.3 Å². The van der Waals surface area contributed by atoms with Crippen LogP contribution in [0.5, 0.6) is 0 Å². The Morgan fingerprint density at radius 2 is 2.33 bits per heavy atom. The summed E-state index contributed by atoms with van der Waals surface area (Å²) in [6.45, 7) is 0.946. The average molecular weight is 163 g/mol. The van der Waals surface area contributed by atoms with Crippen molar-refractivity contribution >= 4 is 11.5 Å². The molecule has 3 aliphatic rings. The summed E-state index contributed by atoms with van der Waals surface area (Å²) in [5.41, 5.74) is 1.26. The van der Waals surface area contributed by atoms with E-state index in [1.165, 1.54) is 18.6 Å². The first-order valence-corrected chi connectivity index (χ1v) is 4.91. The normalized spacial score (nSPS) is 44.5. The predicted octanol–water partition coefficient (Wildman–Crippen LogP) is 1.59. The van der Waals surface area contributed by atoms with Gasteiger partial charge in [-0.3, -0.25) is 9.79 Å². The Bertz CT molecular complexity index is 282. The van der Waals surface area contributed by atoms with Gasteiger partial charge in [0.2, 0.25) is 0 Å². The van der Waals surface area contributed by atoms with E-state index in [1.54, 1.807) is 0 Å². The smallest absolute Gasteiger partial charge is 0.145 e. The van der Waals surface area contributed by atoms with Gasteiger partial charge >= 0.3 is 0 Å². The summed E-state index contributed by atoms with van der Waals surface area (Å²) in [6, 6.07) is 0. The summed E-state index contributed by atoms with van der Waals surface area (Å²) in [4.78, 5) is 16.1. The summed E-state index contributed by atoms with van der Waals surface area (Å²) in [5.74, 6) is 1.10. The van der Waals surface area contributed by atoms with E-state index in [9.17, 15) is 4.79 Å². The van der Waals surface area contributed by atoms with E-state index in [4.69, 9.17) is 0 Å². The van der Waals surface area contributed by atoms with Crippen LogP contribution in [0.2, 0.25) is 0 Å². The lowest BCUT2D eigenvalue weighted by atomic mass is 9.54. The average Bonchev–Trinajstić information content (AvgIpc) is 2.40. The van der Waals surface area contributed by atoms with Crippen LogP contribution in [0.15, 0.2) is 4.99 Å². The van der Waals surface area contributed by atoms with E-state index >= 15 is 0 Å². The molecule has 0 N–H and O–H groups in total. The van der Waals surface area contributed by atoms with E-state index in [0.29, 0.717) is 11.7 Å². The Morgan fingerprint density at radius 1 is 1.42 bits per heavy atom. The fourth-order valence-electron chi connectivity index (χ4n) is 3.14. The SMILES string of the molecule is O=C1C[C@H]2CN=C3CCCC[C@@]132. The van der Waals surface area contributed by atoms with Crippen molar-refractivity contribution in [2.24, 2.45) is 16.3 Å². The van der Waals surface area contributed by atoms with Crippen LogP contribution in [0.25, 0.3) is 0 Å². The summed E-state index contributed by atoms with van der Waals surface area (Å²) in [5, 5.41) is 0. The number of ketones is 1. The van der Waals surface area contributed by atoms with Crippen LogP contribution in [0.1, 0.15) is 32.1 Å². The van der Waals surface area contributed by atoms with Crippen molar-refractivity contribution in [2.45, 2.75) is 32.1 Å². The van der Waals surface area contributed by atoms with E-state index in [0.717, 1.165) is 25.8 Å². The number of hydrogen-bond donors (Lipinski definition) is 0. The summed E-state index contributed by atoms with van der Waals surface area (Å²) >= 11 is 0. The van der Waals surface area contributed by atoms with E-state index in [1.807, 2.05) is 0 Å². The number of rotatable bonds is 0. The highest BCUT2D eigenvalue weighted by molar-refractivity contribution is 6.15. The third-order valence-electron chi connectivity index (χ3n) is 3.88. The fraction of sp³-hybridized carbons (Fsp3) is 0.800. The monoisotopic (exact) mass is 163 g/mol. The van der Waals surface area contributed by atoms with Crippen LogP contribution >= 0.6 is 0 Å². The van der Waals surface area contributed by atoms with Gasteiger partial charge in [0.25, 0.3) is 0 Å². The molecule has 1 aliphatic heterocycles. The quantitative estimate of drug-likeness (QED) is 0.533. The lowest BCUT2D eigenvalue weighted by Gasteiger charge is -2.46. The lowest BCUT2D eigenvalue weighted by Crippen LogP contribution is -2.54. The number of carbonyl (C=O) groups excluding carboxylic acids is 1. The molecule has 3 rings (SSSR count). The van der Waals surface area contributed by atoms with Crippen molar-refractivity contribution < 1.29 is 4.79 Å². The molecule has 0 unspecified atom stereocenters. The van der Waals surface area contributed by atoms with E-state index in [-0.39, 0.29) is 5.41 Å². The van der Waals surface area contributed by atoms with Crippen LogP contribution in [-0.2, 0) is 4.79 Å². The standard InChI is InChI=1S/C10H13NO/c12-9-5-7-6-11-8-3-1-2-4-10(7,8)9/h7H,1-6H2/t7-,10-/m0/s1. The topological polar surface area (TPSA) is 29.4 Å². The molecule has 2 heteroatoms. The second kappa shape index (κ2) is 1.98. The predicted molar refractivity (Wildman–Crippen MR) is 46.3 cm³/mol. The third kappa shape index (κ3) is 0.551. The first kappa shape index (κ1) is 6.81. The molecule has 2 fully saturated rings. The highest BCUT2D eigenvalue weighted by Gasteiger charge is 2.60. The molecule has 0 saturated heterocycles. The molecule has 0 aromatic carbocycles.